The van der Waals surface area contributed by atoms with Crippen molar-refractivity contribution >= 4 is 23.2 Å². The fourth-order valence-electron chi connectivity index (χ4n) is 2.32. The fourth-order valence-corrected chi connectivity index (χ4v) is 2.32. The molecule has 0 aliphatic carbocycles. The molecule has 0 unspecified atom stereocenters. The minimum absolute atomic E-state index is 0.0127. The van der Waals surface area contributed by atoms with Gasteiger partial charge >= 0.3 is 0 Å². The largest absolute Gasteiger partial charge is 0.494 e. The number of amides is 2. The molecule has 6 nitrogen and oxygen atoms in total. The van der Waals surface area contributed by atoms with Crippen molar-refractivity contribution in [3.05, 3.63) is 48.5 Å². The van der Waals surface area contributed by atoms with Gasteiger partial charge < -0.3 is 20.1 Å². The Balaban J connectivity index is 1.44. The maximum atomic E-state index is 12.0. The van der Waals surface area contributed by atoms with E-state index in [0.29, 0.717) is 36.6 Å². The Labute approximate surface area is 139 Å². The van der Waals surface area contributed by atoms with E-state index in [-0.39, 0.29) is 18.4 Å². The number of carbonyl (C=O) groups excluding carboxylic acids is 2. The summed E-state index contributed by atoms with van der Waals surface area (Å²) < 4.78 is 10.9. The maximum absolute atomic E-state index is 12.0. The van der Waals surface area contributed by atoms with Crippen molar-refractivity contribution in [2.75, 3.05) is 23.8 Å². The molecule has 2 aromatic carbocycles. The van der Waals surface area contributed by atoms with Crippen LogP contribution >= 0.6 is 0 Å². The number of fused-ring (bicyclic) bond motifs is 1. The predicted octanol–water partition coefficient (Wildman–Crippen LogP) is 2.82. The fraction of sp³-hybridized carbons (Fsp3) is 0.222. The zero-order valence-corrected chi connectivity index (χ0v) is 13.1. The number of benzene rings is 2. The minimum atomic E-state index is -0.183. The highest BCUT2D eigenvalue weighted by Gasteiger charge is 2.16. The van der Waals surface area contributed by atoms with E-state index in [0.717, 1.165) is 5.75 Å². The number of para-hydroxylation sites is 1. The van der Waals surface area contributed by atoms with Crippen LogP contribution in [0.25, 0.3) is 0 Å². The van der Waals surface area contributed by atoms with Crippen LogP contribution in [0.4, 0.5) is 11.4 Å². The van der Waals surface area contributed by atoms with Crippen LogP contribution < -0.4 is 20.1 Å². The third-order valence-corrected chi connectivity index (χ3v) is 3.46. The third-order valence-electron chi connectivity index (χ3n) is 3.46. The number of ether oxygens (including phenoxy) is 2. The topological polar surface area (TPSA) is 76.7 Å². The zero-order valence-electron chi connectivity index (χ0n) is 13.1. The van der Waals surface area contributed by atoms with Crippen LogP contribution in [0.15, 0.2) is 48.5 Å². The van der Waals surface area contributed by atoms with E-state index in [1.165, 1.54) is 0 Å². The van der Waals surface area contributed by atoms with Gasteiger partial charge in [-0.05, 0) is 30.7 Å². The normalized spacial score (nSPS) is 12.6. The minimum Gasteiger partial charge on any atom is -0.494 e. The van der Waals surface area contributed by atoms with Gasteiger partial charge in [0.15, 0.2) is 6.61 Å². The first-order valence-corrected chi connectivity index (χ1v) is 7.75. The average molecular weight is 326 g/mol. The van der Waals surface area contributed by atoms with Gasteiger partial charge in [-0.1, -0.05) is 18.2 Å². The van der Waals surface area contributed by atoms with Crippen molar-refractivity contribution in [1.29, 1.82) is 0 Å². The molecule has 0 fully saturated rings. The summed E-state index contributed by atoms with van der Waals surface area (Å²) in [5.74, 6) is 1.08. The van der Waals surface area contributed by atoms with Crippen molar-refractivity contribution in [3.63, 3.8) is 0 Å². The molecule has 0 aromatic heterocycles. The molecule has 0 radical (unpaired) electrons. The molecule has 6 heteroatoms. The van der Waals surface area contributed by atoms with Gasteiger partial charge in [-0.15, -0.1) is 0 Å². The van der Waals surface area contributed by atoms with Crippen LogP contribution in [0.3, 0.4) is 0 Å². The highest BCUT2D eigenvalue weighted by Crippen LogP contribution is 2.30. The van der Waals surface area contributed by atoms with Crippen molar-refractivity contribution in [2.24, 2.45) is 0 Å². The first-order chi connectivity index (χ1) is 11.7. The van der Waals surface area contributed by atoms with Crippen molar-refractivity contribution in [1.82, 2.24) is 0 Å². The molecule has 1 aliphatic rings. The van der Waals surface area contributed by atoms with Crippen LogP contribution in [0.1, 0.15) is 12.8 Å². The molecule has 24 heavy (non-hydrogen) atoms. The molecule has 2 aromatic rings. The Bertz CT molecular complexity index is 731. The van der Waals surface area contributed by atoms with Crippen LogP contribution in [0.5, 0.6) is 11.5 Å². The number of carbonyl (C=O) groups is 2. The van der Waals surface area contributed by atoms with Crippen molar-refractivity contribution < 1.29 is 19.1 Å². The first-order valence-electron chi connectivity index (χ1n) is 7.75. The highest BCUT2D eigenvalue weighted by atomic mass is 16.5. The maximum Gasteiger partial charge on any atom is 0.262 e. The summed E-state index contributed by atoms with van der Waals surface area (Å²) in [5.41, 5.74) is 1.25. The quantitative estimate of drug-likeness (QED) is 0.800. The summed E-state index contributed by atoms with van der Waals surface area (Å²) in [6.07, 6.45) is 0.986. The molecule has 0 saturated heterocycles. The lowest BCUT2D eigenvalue weighted by molar-refractivity contribution is -0.118. The summed E-state index contributed by atoms with van der Waals surface area (Å²) in [5, 5.41) is 5.52. The van der Waals surface area contributed by atoms with Gasteiger partial charge in [0.25, 0.3) is 5.91 Å². The molecular weight excluding hydrogens is 308 g/mol. The Morgan fingerprint density at radius 1 is 1.21 bits per heavy atom. The predicted molar refractivity (Wildman–Crippen MR) is 90.4 cm³/mol. The van der Waals surface area contributed by atoms with Gasteiger partial charge in [0, 0.05) is 18.2 Å². The second-order valence-electron chi connectivity index (χ2n) is 5.36. The standard InChI is InChI=1S/C18H18N2O4/c21-17(7-4-10-23-14-5-2-1-3-6-14)19-13-8-9-15-16(11-13)24-12-18(22)20-15/h1-3,5-6,8-9,11H,4,7,10,12H2,(H,19,21)(H,20,22). The summed E-state index contributed by atoms with van der Waals surface area (Å²) in [6, 6.07) is 14.6. The average Bonchev–Trinajstić information content (AvgIpc) is 2.60. The van der Waals surface area contributed by atoms with E-state index in [9.17, 15) is 9.59 Å². The number of hydrogen-bond donors (Lipinski definition) is 2. The van der Waals surface area contributed by atoms with Gasteiger partial charge in [0.2, 0.25) is 5.91 Å². The van der Waals surface area contributed by atoms with Gasteiger partial charge in [-0.25, -0.2) is 0 Å². The molecule has 2 N–H and O–H groups in total. The van der Waals surface area contributed by atoms with E-state index in [4.69, 9.17) is 9.47 Å². The lowest BCUT2D eigenvalue weighted by atomic mass is 10.2. The second-order valence-corrected chi connectivity index (χ2v) is 5.36. The summed E-state index contributed by atoms with van der Waals surface area (Å²) in [4.78, 5) is 23.2. The Kier molecular flexibility index (Phi) is 4.96. The van der Waals surface area contributed by atoms with Gasteiger partial charge in [-0.2, -0.15) is 0 Å². The van der Waals surface area contributed by atoms with Crippen LogP contribution in [0, 0.1) is 0 Å². The summed E-state index contributed by atoms with van der Waals surface area (Å²) in [7, 11) is 0. The molecule has 1 heterocycles. The number of anilines is 2. The first kappa shape index (κ1) is 15.9. The van der Waals surface area contributed by atoms with E-state index in [1.54, 1.807) is 18.2 Å². The summed E-state index contributed by atoms with van der Waals surface area (Å²) in [6.45, 7) is 0.470. The highest BCUT2D eigenvalue weighted by molar-refractivity contribution is 5.97. The van der Waals surface area contributed by atoms with Gasteiger partial charge in [0.1, 0.15) is 11.5 Å². The number of rotatable bonds is 6. The summed E-state index contributed by atoms with van der Waals surface area (Å²) >= 11 is 0. The van der Waals surface area contributed by atoms with E-state index in [1.807, 2.05) is 30.3 Å². The van der Waals surface area contributed by atoms with Crippen LogP contribution in [0.2, 0.25) is 0 Å². The van der Waals surface area contributed by atoms with E-state index < -0.39 is 0 Å². The molecule has 0 saturated carbocycles. The number of nitrogens with one attached hydrogen (secondary N) is 2. The monoisotopic (exact) mass is 326 g/mol. The van der Waals surface area contributed by atoms with Crippen molar-refractivity contribution in [3.8, 4) is 11.5 Å². The SMILES string of the molecule is O=C(CCCOc1ccccc1)Nc1ccc2c(c1)OCC(=O)N2. The molecule has 0 bridgehead atoms. The van der Waals surface area contributed by atoms with Crippen LogP contribution in [-0.4, -0.2) is 25.0 Å². The Hall–Kier alpha value is -3.02. The molecule has 0 atom stereocenters. The molecule has 2 amide bonds. The third kappa shape index (κ3) is 4.25. The molecule has 1 aliphatic heterocycles. The smallest absolute Gasteiger partial charge is 0.262 e. The van der Waals surface area contributed by atoms with E-state index >= 15 is 0 Å². The Morgan fingerprint density at radius 3 is 2.88 bits per heavy atom. The molecular formula is C18H18N2O4. The Morgan fingerprint density at radius 2 is 2.04 bits per heavy atom. The molecule has 3 rings (SSSR count). The van der Waals surface area contributed by atoms with E-state index in [2.05, 4.69) is 10.6 Å². The molecule has 0 spiro atoms. The van der Waals surface area contributed by atoms with Gasteiger partial charge in [0.05, 0.1) is 12.3 Å². The molecule has 124 valence electrons. The zero-order chi connectivity index (χ0) is 16.8. The lowest BCUT2D eigenvalue weighted by Crippen LogP contribution is -2.25. The second kappa shape index (κ2) is 7.50. The van der Waals surface area contributed by atoms with Crippen LogP contribution in [-0.2, 0) is 9.59 Å². The number of hydrogen-bond acceptors (Lipinski definition) is 4. The van der Waals surface area contributed by atoms with Crippen molar-refractivity contribution in [2.45, 2.75) is 12.8 Å². The lowest BCUT2D eigenvalue weighted by Gasteiger charge is -2.18. The van der Waals surface area contributed by atoms with Gasteiger partial charge in [-0.3, -0.25) is 9.59 Å².